The van der Waals surface area contributed by atoms with Crippen LogP contribution in [0.3, 0.4) is 0 Å². The molecule has 0 saturated carbocycles. The number of fused-ring (bicyclic) bond motifs is 1. The zero-order chi connectivity index (χ0) is 13.8. The molecule has 0 fully saturated rings. The normalized spacial score (nSPS) is 14.0. The van der Waals surface area contributed by atoms with Gasteiger partial charge in [0.05, 0.1) is 6.61 Å². The first-order valence-electron chi connectivity index (χ1n) is 6.96. The van der Waals surface area contributed by atoms with E-state index in [4.69, 9.17) is 10.5 Å². The summed E-state index contributed by atoms with van der Waals surface area (Å²) in [4.78, 5) is 2.41. The molecule has 0 saturated heterocycles. The van der Waals surface area contributed by atoms with Crippen LogP contribution < -0.4 is 10.5 Å². The van der Waals surface area contributed by atoms with Gasteiger partial charge < -0.3 is 10.5 Å². The summed E-state index contributed by atoms with van der Waals surface area (Å²) in [5.41, 5.74) is 8.31. The quantitative estimate of drug-likeness (QED) is 0.873. The Morgan fingerprint density at radius 1 is 1.42 bits per heavy atom. The maximum atomic E-state index is 5.79. The summed E-state index contributed by atoms with van der Waals surface area (Å²) >= 11 is 3.60. The molecule has 3 nitrogen and oxygen atoms in total. The van der Waals surface area contributed by atoms with Crippen LogP contribution >= 0.6 is 15.9 Å². The number of hydrogen-bond donors (Lipinski definition) is 1. The summed E-state index contributed by atoms with van der Waals surface area (Å²) < 4.78 is 6.93. The van der Waals surface area contributed by atoms with Crippen molar-refractivity contribution in [2.24, 2.45) is 11.7 Å². The molecule has 0 unspecified atom stereocenters. The second-order valence-electron chi connectivity index (χ2n) is 5.57. The Morgan fingerprint density at radius 2 is 2.21 bits per heavy atom. The van der Waals surface area contributed by atoms with Gasteiger partial charge in [0.25, 0.3) is 0 Å². The lowest BCUT2D eigenvalue weighted by molar-refractivity contribution is 0.238. The lowest BCUT2D eigenvalue weighted by Crippen LogP contribution is -2.32. The summed E-state index contributed by atoms with van der Waals surface area (Å²) in [5, 5.41) is 0. The van der Waals surface area contributed by atoms with Crippen LogP contribution in [0.4, 0.5) is 0 Å². The van der Waals surface area contributed by atoms with Gasteiger partial charge >= 0.3 is 0 Å². The van der Waals surface area contributed by atoms with E-state index in [1.54, 1.807) is 0 Å². The number of nitrogens with zero attached hydrogens (tertiary/aromatic N) is 1. The minimum Gasteiger partial charge on any atom is -0.493 e. The zero-order valence-electron chi connectivity index (χ0n) is 11.8. The van der Waals surface area contributed by atoms with Crippen molar-refractivity contribution in [1.29, 1.82) is 0 Å². The summed E-state index contributed by atoms with van der Waals surface area (Å²) in [5.74, 6) is 1.74. The molecule has 1 aliphatic rings. The van der Waals surface area contributed by atoms with E-state index in [0.29, 0.717) is 12.5 Å². The fraction of sp³-hybridized carbons (Fsp3) is 0.600. The number of nitrogens with two attached hydrogens (primary N) is 1. The van der Waals surface area contributed by atoms with Gasteiger partial charge in [-0.05, 0) is 23.6 Å². The molecular formula is C15H23BrN2O. The lowest BCUT2D eigenvalue weighted by atomic mass is 10.1. The van der Waals surface area contributed by atoms with E-state index in [0.717, 1.165) is 42.9 Å². The average molecular weight is 327 g/mol. The fourth-order valence-electron chi connectivity index (χ4n) is 2.64. The number of ether oxygens (including phenoxy) is 1. The molecule has 0 aliphatic carbocycles. The second-order valence-corrected chi connectivity index (χ2v) is 6.48. The van der Waals surface area contributed by atoms with Crippen molar-refractivity contribution in [1.82, 2.24) is 4.90 Å². The van der Waals surface area contributed by atoms with Crippen molar-refractivity contribution in [3.8, 4) is 5.75 Å². The van der Waals surface area contributed by atoms with E-state index in [9.17, 15) is 0 Å². The Balaban J connectivity index is 2.16. The third kappa shape index (κ3) is 3.94. The van der Waals surface area contributed by atoms with Crippen molar-refractivity contribution in [2.75, 3.05) is 26.2 Å². The molecule has 1 heterocycles. The van der Waals surface area contributed by atoms with E-state index >= 15 is 0 Å². The molecular weight excluding hydrogens is 304 g/mol. The van der Waals surface area contributed by atoms with Crippen molar-refractivity contribution in [3.63, 3.8) is 0 Å². The van der Waals surface area contributed by atoms with Gasteiger partial charge in [0.1, 0.15) is 5.75 Å². The van der Waals surface area contributed by atoms with Crippen LogP contribution in [0.2, 0.25) is 0 Å². The molecule has 19 heavy (non-hydrogen) atoms. The van der Waals surface area contributed by atoms with Gasteiger partial charge in [0.15, 0.2) is 0 Å². The first-order valence-corrected chi connectivity index (χ1v) is 7.76. The standard InChI is InChI=1S/C15H23BrN2O/c1-11(2)9-18(5-4-17)10-13-8-14(16)7-12-3-6-19-15(12)13/h7-8,11H,3-6,9-10,17H2,1-2H3. The smallest absolute Gasteiger partial charge is 0.127 e. The van der Waals surface area contributed by atoms with Gasteiger partial charge in [-0.15, -0.1) is 0 Å². The maximum absolute atomic E-state index is 5.79. The highest BCUT2D eigenvalue weighted by Crippen LogP contribution is 2.33. The van der Waals surface area contributed by atoms with Gasteiger partial charge in [0.2, 0.25) is 0 Å². The number of benzene rings is 1. The predicted octanol–water partition coefficient (Wildman–Crippen LogP) is 2.80. The third-order valence-corrected chi connectivity index (χ3v) is 3.75. The Hall–Kier alpha value is -0.580. The Labute approximate surface area is 124 Å². The lowest BCUT2D eigenvalue weighted by Gasteiger charge is -2.24. The van der Waals surface area contributed by atoms with Gasteiger partial charge in [0, 0.05) is 42.6 Å². The minimum atomic E-state index is 0.646. The highest BCUT2D eigenvalue weighted by molar-refractivity contribution is 9.10. The molecule has 0 spiro atoms. The highest BCUT2D eigenvalue weighted by Gasteiger charge is 2.19. The van der Waals surface area contributed by atoms with Crippen molar-refractivity contribution in [2.45, 2.75) is 26.8 Å². The minimum absolute atomic E-state index is 0.646. The van der Waals surface area contributed by atoms with Crippen LogP contribution in [0.5, 0.6) is 5.75 Å². The maximum Gasteiger partial charge on any atom is 0.127 e. The van der Waals surface area contributed by atoms with Crippen LogP contribution in [0, 0.1) is 5.92 Å². The Morgan fingerprint density at radius 3 is 2.89 bits per heavy atom. The average Bonchev–Trinajstić information content (AvgIpc) is 2.76. The largest absolute Gasteiger partial charge is 0.493 e. The van der Waals surface area contributed by atoms with Crippen LogP contribution in [-0.2, 0) is 13.0 Å². The van der Waals surface area contributed by atoms with E-state index in [1.807, 2.05) is 0 Å². The highest BCUT2D eigenvalue weighted by atomic mass is 79.9. The van der Waals surface area contributed by atoms with Crippen molar-refractivity contribution >= 4 is 15.9 Å². The molecule has 1 aromatic carbocycles. The molecule has 2 N–H and O–H groups in total. The van der Waals surface area contributed by atoms with Crippen molar-refractivity contribution < 1.29 is 4.74 Å². The molecule has 0 atom stereocenters. The van der Waals surface area contributed by atoms with E-state index < -0.39 is 0 Å². The second kappa shape index (κ2) is 6.73. The molecule has 0 radical (unpaired) electrons. The zero-order valence-corrected chi connectivity index (χ0v) is 13.4. The molecule has 2 rings (SSSR count). The summed E-state index contributed by atoms with van der Waals surface area (Å²) in [7, 11) is 0. The number of rotatable bonds is 6. The van der Waals surface area contributed by atoms with Gasteiger partial charge in [-0.25, -0.2) is 0 Å². The van der Waals surface area contributed by atoms with Crippen LogP contribution in [0.25, 0.3) is 0 Å². The van der Waals surface area contributed by atoms with E-state index in [2.05, 4.69) is 46.8 Å². The van der Waals surface area contributed by atoms with E-state index in [1.165, 1.54) is 11.1 Å². The first kappa shape index (κ1) is 14.8. The summed E-state index contributed by atoms with van der Waals surface area (Å²) in [6.07, 6.45) is 1.02. The SMILES string of the molecule is CC(C)CN(CCN)Cc1cc(Br)cc2c1OCC2. The fourth-order valence-corrected chi connectivity index (χ4v) is 3.19. The number of hydrogen-bond acceptors (Lipinski definition) is 3. The predicted molar refractivity (Wildman–Crippen MR) is 82.5 cm³/mol. The van der Waals surface area contributed by atoms with Gasteiger partial charge in [-0.2, -0.15) is 0 Å². The Bertz CT molecular complexity index is 434. The van der Waals surface area contributed by atoms with Crippen molar-refractivity contribution in [3.05, 3.63) is 27.7 Å². The molecule has 1 aliphatic heterocycles. The van der Waals surface area contributed by atoms with Gasteiger partial charge in [-0.1, -0.05) is 29.8 Å². The van der Waals surface area contributed by atoms with Crippen LogP contribution in [0.1, 0.15) is 25.0 Å². The molecule has 1 aromatic rings. The molecule has 0 amide bonds. The molecule has 106 valence electrons. The first-order chi connectivity index (χ1) is 9.10. The number of halogens is 1. The van der Waals surface area contributed by atoms with Gasteiger partial charge in [-0.3, -0.25) is 4.90 Å². The monoisotopic (exact) mass is 326 g/mol. The summed E-state index contributed by atoms with van der Waals surface area (Å²) in [6, 6.07) is 4.34. The van der Waals surface area contributed by atoms with E-state index in [-0.39, 0.29) is 0 Å². The van der Waals surface area contributed by atoms with Crippen LogP contribution in [-0.4, -0.2) is 31.1 Å². The van der Waals surface area contributed by atoms with Crippen LogP contribution in [0.15, 0.2) is 16.6 Å². The topological polar surface area (TPSA) is 38.5 Å². The molecule has 4 heteroatoms. The molecule has 0 bridgehead atoms. The summed E-state index contributed by atoms with van der Waals surface area (Å²) in [6.45, 7) is 8.90. The Kier molecular flexibility index (Phi) is 5.25. The molecule has 0 aromatic heterocycles. The third-order valence-electron chi connectivity index (χ3n) is 3.29.